The number of hydrogen-bond donors (Lipinski definition) is 1. The lowest BCUT2D eigenvalue weighted by Crippen LogP contribution is -2.12. The molecule has 1 aromatic carbocycles. The van der Waals surface area contributed by atoms with Crippen molar-refractivity contribution in [1.82, 2.24) is 5.32 Å². The van der Waals surface area contributed by atoms with Crippen molar-refractivity contribution in [2.24, 2.45) is 0 Å². The quantitative estimate of drug-likeness (QED) is 0.776. The Kier molecular flexibility index (Phi) is 2.20. The first-order valence-corrected chi connectivity index (χ1v) is 5.06. The molecule has 0 saturated heterocycles. The SMILES string of the molecule is CN[C@H]1CCc2ccc(Br)cc21. The van der Waals surface area contributed by atoms with Crippen LogP contribution in [0.5, 0.6) is 0 Å². The van der Waals surface area contributed by atoms with Gasteiger partial charge in [-0.2, -0.15) is 0 Å². The fourth-order valence-electron chi connectivity index (χ4n) is 1.87. The van der Waals surface area contributed by atoms with Crippen LogP contribution in [0.2, 0.25) is 0 Å². The zero-order chi connectivity index (χ0) is 8.55. The Balaban J connectivity index is 2.42. The lowest BCUT2D eigenvalue weighted by Gasteiger charge is -2.09. The molecule has 0 fully saturated rings. The molecule has 0 bridgehead atoms. The first-order chi connectivity index (χ1) is 5.81. The number of benzene rings is 1. The molecule has 1 N–H and O–H groups in total. The van der Waals surface area contributed by atoms with E-state index in [0.29, 0.717) is 6.04 Å². The lowest BCUT2D eigenvalue weighted by molar-refractivity contribution is 0.590. The van der Waals surface area contributed by atoms with Crippen molar-refractivity contribution >= 4 is 15.9 Å². The van der Waals surface area contributed by atoms with Gasteiger partial charge in [0.25, 0.3) is 0 Å². The predicted octanol–water partition coefficient (Wildman–Crippen LogP) is 2.66. The summed E-state index contributed by atoms with van der Waals surface area (Å²) in [5, 5.41) is 3.33. The van der Waals surface area contributed by atoms with Gasteiger partial charge in [0.15, 0.2) is 0 Å². The first-order valence-electron chi connectivity index (χ1n) is 4.27. The second-order valence-corrected chi connectivity index (χ2v) is 4.14. The Morgan fingerprint density at radius 1 is 1.50 bits per heavy atom. The Labute approximate surface area is 81.3 Å². The van der Waals surface area contributed by atoms with Crippen molar-refractivity contribution in [3.8, 4) is 0 Å². The van der Waals surface area contributed by atoms with Crippen LogP contribution in [0.15, 0.2) is 22.7 Å². The molecule has 1 aliphatic carbocycles. The van der Waals surface area contributed by atoms with Crippen LogP contribution in [-0.4, -0.2) is 7.05 Å². The summed E-state index contributed by atoms with van der Waals surface area (Å²) >= 11 is 3.49. The van der Waals surface area contributed by atoms with Crippen molar-refractivity contribution < 1.29 is 0 Å². The second-order valence-electron chi connectivity index (χ2n) is 3.22. The van der Waals surface area contributed by atoms with E-state index in [4.69, 9.17) is 0 Å². The minimum Gasteiger partial charge on any atom is -0.313 e. The Morgan fingerprint density at radius 2 is 2.33 bits per heavy atom. The molecular formula is C10H12BrN. The number of aryl methyl sites for hydroxylation is 1. The van der Waals surface area contributed by atoms with E-state index in [2.05, 4.69) is 39.4 Å². The second kappa shape index (κ2) is 3.19. The molecule has 0 amide bonds. The van der Waals surface area contributed by atoms with Gasteiger partial charge in [-0.25, -0.2) is 0 Å². The zero-order valence-corrected chi connectivity index (χ0v) is 8.69. The monoisotopic (exact) mass is 225 g/mol. The molecule has 1 aromatic rings. The molecule has 1 atom stereocenters. The Morgan fingerprint density at radius 3 is 3.08 bits per heavy atom. The van der Waals surface area contributed by atoms with Gasteiger partial charge in [0, 0.05) is 10.5 Å². The van der Waals surface area contributed by atoms with Gasteiger partial charge in [-0.3, -0.25) is 0 Å². The maximum atomic E-state index is 3.49. The van der Waals surface area contributed by atoms with Crippen LogP contribution in [0.3, 0.4) is 0 Å². The fourth-order valence-corrected chi connectivity index (χ4v) is 2.25. The van der Waals surface area contributed by atoms with Crippen LogP contribution in [0.4, 0.5) is 0 Å². The van der Waals surface area contributed by atoms with Gasteiger partial charge in [-0.15, -0.1) is 0 Å². The van der Waals surface area contributed by atoms with E-state index in [1.807, 2.05) is 7.05 Å². The van der Waals surface area contributed by atoms with Crippen LogP contribution < -0.4 is 5.32 Å². The van der Waals surface area contributed by atoms with Crippen LogP contribution in [0, 0.1) is 0 Å². The molecule has 1 aliphatic rings. The molecule has 0 unspecified atom stereocenters. The van der Waals surface area contributed by atoms with Crippen LogP contribution >= 0.6 is 15.9 Å². The van der Waals surface area contributed by atoms with Crippen molar-refractivity contribution in [2.45, 2.75) is 18.9 Å². The molecule has 0 aromatic heterocycles. The predicted molar refractivity (Wildman–Crippen MR) is 54.3 cm³/mol. The first kappa shape index (κ1) is 8.27. The summed E-state index contributed by atoms with van der Waals surface area (Å²) in [6.45, 7) is 0. The maximum Gasteiger partial charge on any atom is 0.0323 e. The average molecular weight is 226 g/mol. The highest BCUT2D eigenvalue weighted by Crippen LogP contribution is 2.32. The minimum absolute atomic E-state index is 0.567. The van der Waals surface area contributed by atoms with Crippen LogP contribution in [0.25, 0.3) is 0 Å². The number of halogens is 1. The summed E-state index contributed by atoms with van der Waals surface area (Å²) in [6.07, 6.45) is 2.45. The number of rotatable bonds is 1. The van der Waals surface area contributed by atoms with Gasteiger partial charge in [0.05, 0.1) is 0 Å². The van der Waals surface area contributed by atoms with Gasteiger partial charge in [-0.05, 0) is 43.1 Å². The van der Waals surface area contributed by atoms with Crippen molar-refractivity contribution in [3.05, 3.63) is 33.8 Å². The van der Waals surface area contributed by atoms with E-state index in [1.165, 1.54) is 28.4 Å². The van der Waals surface area contributed by atoms with Crippen molar-refractivity contribution in [1.29, 1.82) is 0 Å². The smallest absolute Gasteiger partial charge is 0.0323 e. The molecule has 0 saturated carbocycles. The highest BCUT2D eigenvalue weighted by molar-refractivity contribution is 9.10. The Hall–Kier alpha value is -0.340. The van der Waals surface area contributed by atoms with E-state index < -0.39 is 0 Å². The van der Waals surface area contributed by atoms with Crippen LogP contribution in [-0.2, 0) is 6.42 Å². The molecular weight excluding hydrogens is 214 g/mol. The standard InChI is InChI=1S/C10H12BrN/c1-12-10-5-3-7-2-4-8(11)6-9(7)10/h2,4,6,10,12H,3,5H2,1H3/t10-/m0/s1. The summed E-state index contributed by atoms with van der Waals surface area (Å²) < 4.78 is 1.18. The van der Waals surface area contributed by atoms with Gasteiger partial charge in [0.2, 0.25) is 0 Å². The molecule has 2 heteroatoms. The topological polar surface area (TPSA) is 12.0 Å². The molecule has 2 rings (SSSR count). The molecule has 64 valence electrons. The lowest BCUT2D eigenvalue weighted by atomic mass is 10.1. The Bertz CT molecular complexity index is 296. The van der Waals surface area contributed by atoms with Gasteiger partial charge < -0.3 is 5.32 Å². The molecule has 12 heavy (non-hydrogen) atoms. The van der Waals surface area contributed by atoms with E-state index in [1.54, 1.807) is 0 Å². The van der Waals surface area contributed by atoms with E-state index in [0.717, 1.165) is 0 Å². The summed E-state index contributed by atoms with van der Waals surface area (Å²) in [5.74, 6) is 0. The molecule has 0 spiro atoms. The van der Waals surface area contributed by atoms with Crippen molar-refractivity contribution in [2.75, 3.05) is 7.05 Å². The third kappa shape index (κ3) is 1.29. The minimum atomic E-state index is 0.567. The summed E-state index contributed by atoms with van der Waals surface area (Å²) in [7, 11) is 2.03. The summed E-state index contributed by atoms with van der Waals surface area (Å²) in [6, 6.07) is 7.13. The van der Waals surface area contributed by atoms with E-state index in [-0.39, 0.29) is 0 Å². The van der Waals surface area contributed by atoms with Gasteiger partial charge in [-0.1, -0.05) is 22.0 Å². The van der Waals surface area contributed by atoms with Gasteiger partial charge >= 0.3 is 0 Å². The zero-order valence-electron chi connectivity index (χ0n) is 7.10. The summed E-state index contributed by atoms with van der Waals surface area (Å²) in [4.78, 5) is 0. The maximum absolute atomic E-state index is 3.49. The van der Waals surface area contributed by atoms with Crippen molar-refractivity contribution in [3.63, 3.8) is 0 Å². The number of hydrogen-bond acceptors (Lipinski definition) is 1. The van der Waals surface area contributed by atoms with Gasteiger partial charge in [0.1, 0.15) is 0 Å². The highest BCUT2D eigenvalue weighted by atomic mass is 79.9. The number of fused-ring (bicyclic) bond motifs is 1. The normalized spacial score (nSPS) is 21.0. The molecule has 0 radical (unpaired) electrons. The largest absolute Gasteiger partial charge is 0.313 e. The molecule has 0 aliphatic heterocycles. The van der Waals surface area contributed by atoms with Crippen LogP contribution in [0.1, 0.15) is 23.6 Å². The van der Waals surface area contributed by atoms with E-state index in [9.17, 15) is 0 Å². The number of nitrogens with one attached hydrogen (secondary N) is 1. The molecule has 1 nitrogen and oxygen atoms in total. The summed E-state index contributed by atoms with van der Waals surface area (Å²) in [5.41, 5.74) is 2.96. The molecule has 0 heterocycles. The highest BCUT2D eigenvalue weighted by Gasteiger charge is 2.20. The third-order valence-electron chi connectivity index (χ3n) is 2.53. The third-order valence-corrected chi connectivity index (χ3v) is 3.03. The average Bonchev–Trinajstić information content (AvgIpc) is 2.46. The van der Waals surface area contributed by atoms with E-state index >= 15 is 0 Å². The fraction of sp³-hybridized carbons (Fsp3) is 0.400.